The minimum Gasteiger partial charge on any atom is -0.396 e. The number of carbonyl (C=O) groups is 3. The highest BCUT2D eigenvalue weighted by Crippen LogP contribution is 2.21. The molecule has 148 valence electrons. The van der Waals surface area contributed by atoms with Crippen molar-refractivity contribution in [3.05, 3.63) is 29.6 Å². The Bertz CT molecular complexity index is 673. The van der Waals surface area contributed by atoms with Gasteiger partial charge >= 0.3 is 0 Å². The average Bonchev–Trinajstić information content (AvgIpc) is 3.07. The summed E-state index contributed by atoms with van der Waals surface area (Å²) in [6, 6.07) is 2.50. The summed E-state index contributed by atoms with van der Waals surface area (Å²) in [5.74, 6) is -0.685. The molecule has 0 bridgehead atoms. The number of aromatic nitrogens is 1. The van der Waals surface area contributed by atoms with Gasteiger partial charge in [0, 0.05) is 44.0 Å². The third-order valence-corrected chi connectivity index (χ3v) is 4.82. The first kappa shape index (κ1) is 20.8. The fraction of sp³-hybridized carbons (Fsp3) is 0.579. The van der Waals surface area contributed by atoms with Crippen molar-refractivity contribution >= 4 is 17.7 Å². The first-order chi connectivity index (χ1) is 12.9. The zero-order valence-electron chi connectivity index (χ0n) is 16.1. The summed E-state index contributed by atoms with van der Waals surface area (Å²) in [6.45, 7) is 6.71. The molecule has 1 saturated heterocycles. The van der Waals surface area contributed by atoms with Crippen molar-refractivity contribution in [1.82, 2.24) is 20.1 Å². The molecular weight excluding hydrogens is 348 g/mol. The zero-order chi connectivity index (χ0) is 20.0. The molecule has 2 rings (SSSR count). The number of amides is 3. The van der Waals surface area contributed by atoms with Crippen LogP contribution in [0, 0.1) is 6.92 Å². The molecular formula is C19H28N4O4. The summed E-state index contributed by atoms with van der Waals surface area (Å²) < 4.78 is 0. The predicted molar refractivity (Wildman–Crippen MR) is 100.0 cm³/mol. The van der Waals surface area contributed by atoms with Crippen LogP contribution >= 0.6 is 0 Å². The Balaban J connectivity index is 2.12. The van der Waals surface area contributed by atoms with E-state index >= 15 is 0 Å². The van der Waals surface area contributed by atoms with Crippen molar-refractivity contribution in [3.63, 3.8) is 0 Å². The van der Waals surface area contributed by atoms with Crippen LogP contribution in [0.5, 0.6) is 0 Å². The van der Waals surface area contributed by atoms with Gasteiger partial charge in [0.25, 0.3) is 5.91 Å². The van der Waals surface area contributed by atoms with Gasteiger partial charge in [0.05, 0.1) is 12.2 Å². The number of nitrogens with one attached hydrogen (secondary N) is 1. The molecule has 2 heterocycles. The number of aliphatic hydroxyl groups is 1. The van der Waals surface area contributed by atoms with Crippen molar-refractivity contribution in [3.8, 4) is 0 Å². The standard InChI is InChI=1S/C19H28N4O4/c1-4-22(5-2)19(27)16-10-15(12-23(16)17(25)8-9-24)21-18(26)14-7-6-13(3)20-11-14/h6-7,11,15-16,24H,4-5,8-10,12H2,1-3H3,(H,21,26)/t15-,16+/m1/s1. The molecule has 0 aliphatic carbocycles. The highest BCUT2D eigenvalue weighted by atomic mass is 16.3. The molecule has 8 nitrogen and oxygen atoms in total. The molecule has 3 amide bonds. The van der Waals surface area contributed by atoms with Gasteiger partial charge in [-0.25, -0.2) is 0 Å². The SMILES string of the molecule is CCN(CC)C(=O)[C@@H]1C[C@@H](NC(=O)c2ccc(C)nc2)CN1C(=O)CCO. The lowest BCUT2D eigenvalue weighted by atomic mass is 10.1. The van der Waals surface area contributed by atoms with E-state index in [-0.39, 0.29) is 43.3 Å². The molecule has 1 fully saturated rings. The molecule has 27 heavy (non-hydrogen) atoms. The van der Waals surface area contributed by atoms with Crippen LogP contribution in [0.3, 0.4) is 0 Å². The summed E-state index contributed by atoms with van der Waals surface area (Å²) in [7, 11) is 0. The van der Waals surface area contributed by atoms with Crippen LogP contribution < -0.4 is 5.32 Å². The third-order valence-electron chi connectivity index (χ3n) is 4.82. The van der Waals surface area contributed by atoms with E-state index < -0.39 is 6.04 Å². The van der Waals surface area contributed by atoms with Crippen LogP contribution in [-0.4, -0.2) is 75.9 Å². The third kappa shape index (κ3) is 5.03. The second kappa shape index (κ2) is 9.45. The number of likely N-dealkylation sites (N-methyl/N-ethyl adjacent to an activating group) is 1. The molecule has 1 aromatic heterocycles. The summed E-state index contributed by atoms with van der Waals surface area (Å²) >= 11 is 0. The van der Waals surface area contributed by atoms with E-state index in [0.717, 1.165) is 5.69 Å². The summed E-state index contributed by atoms with van der Waals surface area (Å²) in [5, 5.41) is 12.0. The van der Waals surface area contributed by atoms with E-state index in [2.05, 4.69) is 10.3 Å². The number of aliphatic hydroxyl groups excluding tert-OH is 1. The van der Waals surface area contributed by atoms with Crippen molar-refractivity contribution in [1.29, 1.82) is 0 Å². The van der Waals surface area contributed by atoms with Crippen LogP contribution in [0.2, 0.25) is 0 Å². The maximum atomic E-state index is 12.8. The molecule has 1 aliphatic rings. The number of rotatable bonds is 7. The molecule has 1 aromatic rings. The topological polar surface area (TPSA) is 103 Å². The highest BCUT2D eigenvalue weighted by Gasteiger charge is 2.41. The first-order valence-electron chi connectivity index (χ1n) is 9.33. The van der Waals surface area contributed by atoms with E-state index in [4.69, 9.17) is 5.11 Å². The van der Waals surface area contributed by atoms with Crippen molar-refractivity contribution < 1.29 is 19.5 Å². The number of hydrogen-bond donors (Lipinski definition) is 2. The fourth-order valence-corrected chi connectivity index (χ4v) is 3.31. The Morgan fingerprint density at radius 1 is 1.30 bits per heavy atom. The van der Waals surface area contributed by atoms with Gasteiger partial charge in [-0.15, -0.1) is 0 Å². The second-order valence-corrected chi connectivity index (χ2v) is 6.64. The lowest BCUT2D eigenvalue weighted by molar-refractivity contribution is -0.144. The summed E-state index contributed by atoms with van der Waals surface area (Å²) in [6.07, 6.45) is 1.83. The van der Waals surface area contributed by atoms with Crippen LogP contribution in [-0.2, 0) is 9.59 Å². The molecule has 0 aromatic carbocycles. The maximum absolute atomic E-state index is 12.8. The predicted octanol–water partition coefficient (Wildman–Crippen LogP) is 0.340. The van der Waals surface area contributed by atoms with Crippen LogP contribution in [0.1, 0.15) is 42.7 Å². The molecule has 8 heteroatoms. The minimum absolute atomic E-state index is 0.0371. The normalized spacial score (nSPS) is 19.0. The summed E-state index contributed by atoms with van der Waals surface area (Å²) in [4.78, 5) is 44.9. The molecule has 0 saturated carbocycles. The van der Waals surface area contributed by atoms with Gasteiger partial charge in [-0.1, -0.05) is 0 Å². The van der Waals surface area contributed by atoms with Crippen LogP contribution in [0.4, 0.5) is 0 Å². The number of nitrogens with zero attached hydrogens (tertiary/aromatic N) is 3. The van der Waals surface area contributed by atoms with Gasteiger partial charge in [0.2, 0.25) is 11.8 Å². The second-order valence-electron chi connectivity index (χ2n) is 6.64. The Labute approximate surface area is 159 Å². The number of hydrogen-bond acceptors (Lipinski definition) is 5. The van der Waals surface area contributed by atoms with Crippen LogP contribution in [0.25, 0.3) is 0 Å². The average molecular weight is 376 g/mol. The number of likely N-dealkylation sites (tertiary alicyclic amines) is 1. The fourth-order valence-electron chi connectivity index (χ4n) is 3.31. The van der Waals surface area contributed by atoms with E-state index in [9.17, 15) is 14.4 Å². The van der Waals surface area contributed by atoms with Gasteiger partial charge in [0.15, 0.2) is 0 Å². The van der Waals surface area contributed by atoms with E-state index in [0.29, 0.717) is 25.1 Å². The highest BCUT2D eigenvalue weighted by molar-refractivity contribution is 5.94. The van der Waals surface area contributed by atoms with Gasteiger partial charge in [0.1, 0.15) is 6.04 Å². The van der Waals surface area contributed by atoms with E-state index in [1.807, 2.05) is 20.8 Å². The quantitative estimate of drug-likeness (QED) is 0.714. The van der Waals surface area contributed by atoms with E-state index in [1.165, 1.54) is 11.1 Å². The van der Waals surface area contributed by atoms with Crippen molar-refractivity contribution in [2.45, 2.75) is 45.7 Å². The number of aryl methyl sites for hydroxylation is 1. The molecule has 1 aliphatic heterocycles. The Hall–Kier alpha value is -2.48. The van der Waals surface area contributed by atoms with Crippen molar-refractivity contribution in [2.24, 2.45) is 0 Å². The van der Waals surface area contributed by atoms with Gasteiger partial charge in [-0.05, 0) is 39.3 Å². The lowest BCUT2D eigenvalue weighted by Crippen LogP contribution is -2.47. The van der Waals surface area contributed by atoms with E-state index in [1.54, 1.807) is 17.0 Å². The van der Waals surface area contributed by atoms with Gasteiger partial charge in [-0.3, -0.25) is 19.4 Å². The van der Waals surface area contributed by atoms with Crippen LogP contribution in [0.15, 0.2) is 18.3 Å². The molecule has 0 radical (unpaired) electrons. The molecule has 2 N–H and O–H groups in total. The molecule has 0 unspecified atom stereocenters. The molecule has 0 spiro atoms. The summed E-state index contributed by atoms with van der Waals surface area (Å²) in [5.41, 5.74) is 1.26. The smallest absolute Gasteiger partial charge is 0.253 e. The minimum atomic E-state index is -0.620. The van der Waals surface area contributed by atoms with Gasteiger partial charge in [-0.2, -0.15) is 0 Å². The lowest BCUT2D eigenvalue weighted by Gasteiger charge is -2.28. The zero-order valence-corrected chi connectivity index (χ0v) is 16.1. The largest absolute Gasteiger partial charge is 0.396 e. The van der Waals surface area contributed by atoms with Crippen molar-refractivity contribution in [2.75, 3.05) is 26.2 Å². The Kier molecular flexibility index (Phi) is 7.29. The monoisotopic (exact) mass is 376 g/mol. The van der Waals surface area contributed by atoms with Gasteiger partial charge < -0.3 is 20.2 Å². The number of carbonyl (C=O) groups excluding carboxylic acids is 3. The maximum Gasteiger partial charge on any atom is 0.253 e. The molecule has 2 atom stereocenters. The first-order valence-corrected chi connectivity index (χ1v) is 9.33. The number of pyridine rings is 1. The Morgan fingerprint density at radius 3 is 2.56 bits per heavy atom. The Morgan fingerprint density at radius 2 is 2.00 bits per heavy atom.